The van der Waals surface area contributed by atoms with E-state index in [1.54, 1.807) is 6.07 Å². The summed E-state index contributed by atoms with van der Waals surface area (Å²) in [6.07, 6.45) is -1.68. The molecule has 0 fully saturated rings. The zero-order chi connectivity index (χ0) is 14.1. The zero-order valence-corrected chi connectivity index (χ0v) is 13.0. The molecule has 0 saturated carbocycles. The summed E-state index contributed by atoms with van der Waals surface area (Å²) < 4.78 is 6.19. The molecule has 0 aromatic carbocycles. The fourth-order valence-electron chi connectivity index (χ4n) is 1.38. The highest BCUT2D eigenvalue weighted by Crippen LogP contribution is 2.39. The minimum atomic E-state index is -1.84. The van der Waals surface area contributed by atoms with Gasteiger partial charge in [-0.15, -0.1) is 0 Å². The monoisotopic (exact) mass is 272 g/mol. The number of aliphatic hydroxyl groups excluding tert-OH is 1. The van der Waals surface area contributed by atoms with Crippen molar-refractivity contribution in [2.75, 3.05) is 0 Å². The number of hydrogen-bond donors (Lipinski definition) is 3. The number of aromatic nitrogens is 2. The van der Waals surface area contributed by atoms with E-state index in [-0.39, 0.29) is 16.8 Å². The standard InChI is InChI=1S/C12H24N2O3Si/c1-8(17-18(5,6)12(2,3)4)9-7-10(11(15)16)14-13-9/h7-8,11,15-16H,1-6H3,(H,13,14)/t8-/m1/s1. The molecule has 5 nitrogen and oxygen atoms in total. The van der Waals surface area contributed by atoms with E-state index in [0.717, 1.165) is 5.69 Å². The summed E-state index contributed by atoms with van der Waals surface area (Å²) in [4.78, 5) is 0. The summed E-state index contributed by atoms with van der Waals surface area (Å²) >= 11 is 0. The van der Waals surface area contributed by atoms with Gasteiger partial charge in [0.25, 0.3) is 0 Å². The van der Waals surface area contributed by atoms with Crippen molar-refractivity contribution in [1.29, 1.82) is 0 Å². The molecule has 3 N–H and O–H groups in total. The van der Waals surface area contributed by atoms with Crippen LogP contribution in [0.4, 0.5) is 0 Å². The first-order valence-electron chi connectivity index (χ1n) is 6.14. The van der Waals surface area contributed by atoms with Crippen LogP contribution in [0.3, 0.4) is 0 Å². The van der Waals surface area contributed by atoms with E-state index in [4.69, 9.17) is 14.6 Å². The van der Waals surface area contributed by atoms with Crippen LogP contribution < -0.4 is 0 Å². The van der Waals surface area contributed by atoms with Gasteiger partial charge in [-0.1, -0.05) is 20.8 Å². The van der Waals surface area contributed by atoms with Gasteiger partial charge in [0.15, 0.2) is 14.6 Å². The Hall–Kier alpha value is -0.693. The van der Waals surface area contributed by atoms with Gasteiger partial charge in [-0.2, -0.15) is 5.10 Å². The molecule has 0 aliphatic rings. The van der Waals surface area contributed by atoms with Crippen molar-refractivity contribution < 1.29 is 14.6 Å². The largest absolute Gasteiger partial charge is 0.409 e. The summed E-state index contributed by atoms with van der Waals surface area (Å²) in [6.45, 7) is 12.9. The van der Waals surface area contributed by atoms with Crippen molar-refractivity contribution in [3.63, 3.8) is 0 Å². The summed E-state index contributed by atoms with van der Waals surface area (Å²) in [6, 6.07) is 1.63. The van der Waals surface area contributed by atoms with Gasteiger partial charge in [-0.25, -0.2) is 0 Å². The predicted molar refractivity (Wildman–Crippen MR) is 72.5 cm³/mol. The Labute approximate surface area is 109 Å². The van der Waals surface area contributed by atoms with Crippen molar-refractivity contribution in [3.8, 4) is 0 Å². The lowest BCUT2D eigenvalue weighted by atomic mass is 10.2. The molecule has 0 saturated heterocycles. The SMILES string of the molecule is C[C@@H](O[Si](C)(C)C(C)(C)C)c1cc(C(O)O)n[nH]1. The average molecular weight is 272 g/mol. The van der Waals surface area contributed by atoms with E-state index in [1.807, 2.05) is 6.92 Å². The van der Waals surface area contributed by atoms with Gasteiger partial charge in [-0.05, 0) is 31.1 Å². The number of aliphatic hydroxyl groups is 2. The fourth-order valence-corrected chi connectivity index (χ4v) is 2.74. The first kappa shape index (κ1) is 15.4. The second-order valence-corrected chi connectivity index (χ2v) is 10.9. The van der Waals surface area contributed by atoms with Crippen LogP contribution in [-0.4, -0.2) is 28.7 Å². The second kappa shape index (κ2) is 5.12. The highest BCUT2D eigenvalue weighted by molar-refractivity contribution is 6.74. The molecule has 0 amide bonds. The molecule has 1 aromatic rings. The number of nitrogens with zero attached hydrogens (tertiary/aromatic N) is 1. The molecule has 1 aromatic heterocycles. The minimum absolute atomic E-state index is 0.133. The summed E-state index contributed by atoms with van der Waals surface area (Å²) in [7, 11) is -1.84. The van der Waals surface area contributed by atoms with Gasteiger partial charge >= 0.3 is 0 Å². The Bertz CT molecular complexity index is 396. The van der Waals surface area contributed by atoms with Crippen LogP contribution in [0.2, 0.25) is 18.1 Å². The second-order valence-electron chi connectivity index (χ2n) is 6.14. The van der Waals surface area contributed by atoms with Crippen molar-refractivity contribution in [2.24, 2.45) is 0 Å². The lowest BCUT2D eigenvalue weighted by Crippen LogP contribution is -2.41. The Morgan fingerprint density at radius 2 is 1.89 bits per heavy atom. The third-order valence-electron chi connectivity index (χ3n) is 3.60. The summed E-state index contributed by atoms with van der Waals surface area (Å²) in [5, 5.41) is 24.8. The van der Waals surface area contributed by atoms with Gasteiger partial charge < -0.3 is 14.6 Å². The van der Waals surface area contributed by atoms with Gasteiger partial charge in [0.1, 0.15) is 5.69 Å². The molecule has 0 unspecified atom stereocenters. The maximum absolute atomic E-state index is 9.02. The quantitative estimate of drug-likeness (QED) is 0.581. The first-order chi connectivity index (χ1) is 8.04. The normalized spacial score (nSPS) is 15.2. The Balaban J connectivity index is 2.79. The van der Waals surface area contributed by atoms with Crippen molar-refractivity contribution in [2.45, 2.75) is 58.2 Å². The van der Waals surface area contributed by atoms with E-state index in [9.17, 15) is 0 Å². The van der Waals surface area contributed by atoms with Crippen LogP contribution in [-0.2, 0) is 4.43 Å². The fraction of sp³-hybridized carbons (Fsp3) is 0.750. The molecule has 0 aliphatic heterocycles. The van der Waals surface area contributed by atoms with Crippen LogP contribution in [0.1, 0.15) is 51.5 Å². The maximum Gasteiger partial charge on any atom is 0.197 e. The van der Waals surface area contributed by atoms with Crippen LogP contribution in [0, 0.1) is 0 Å². The van der Waals surface area contributed by atoms with Crippen molar-refractivity contribution in [3.05, 3.63) is 17.5 Å². The number of H-pyrrole nitrogens is 1. The number of rotatable bonds is 4. The summed E-state index contributed by atoms with van der Waals surface area (Å²) in [5.74, 6) is 0. The Morgan fingerprint density at radius 1 is 1.33 bits per heavy atom. The third-order valence-corrected chi connectivity index (χ3v) is 8.15. The third kappa shape index (κ3) is 3.41. The summed E-state index contributed by atoms with van der Waals surface area (Å²) in [5.41, 5.74) is 0.985. The van der Waals surface area contributed by atoms with E-state index >= 15 is 0 Å². The lowest BCUT2D eigenvalue weighted by Gasteiger charge is -2.38. The maximum atomic E-state index is 9.02. The van der Waals surface area contributed by atoms with Crippen LogP contribution in [0.5, 0.6) is 0 Å². The van der Waals surface area contributed by atoms with Gasteiger partial charge in [-0.3, -0.25) is 5.10 Å². The van der Waals surface area contributed by atoms with E-state index < -0.39 is 14.6 Å². The van der Waals surface area contributed by atoms with Gasteiger partial charge in [0.05, 0.1) is 11.8 Å². The molecule has 0 radical (unpaired) electrons. The van der Waals surface area contributed by atoms with E-state index in [0.29, 0.717) is 0 Å². The molecule has 0 bridgehead atoms. The molecular weight excluding hydrogens is 248 g/mol. The average Bonchev–Trinajstić information content (AvgIpc) is 2.63. The topological polar surface area (TPSA) is 78.4 Å². The highest BCUT2D eigenvalue weighted by atomic mass is 28.4. The molecule has 1 atom stereocenters. The van der Waals surface area contributed by atoms with Gasteiger partial charge in [0.2, 0.25) is 0 Å². The molecule has 104 valence electrons. The smallest absolute Gasteiger partial charge is 0.197 e. The van der Waals surface area contributed by atoms with Crippen LogP contribution >= 0.6 is 0 Å². The number of aromatic amines is 1. The molecular formula is C12H24N2O3Si. The Kier molecular flexibility index (Phi) is 4.37. The lowest BCUT2D eigenvalue weighted by molar-refractivity contribution is -0.0458. The molecule has 0 aliphatic carbocycles. The zero-order valence-electron chi connectivity index (χ0n) is 12.0. The van der Waals surface area contributed by atoms with Crippen molar-refractivity contribution >= 4 is 8.32 Å². The number of nitrogens with one attached hydrogen (secondary N) is 1. The predicted octanol–water partition coefficient (Wildman–Crippen LogP) is 2.48. The minimum Gasteiger partial charge on any atom is -0.409 e. The number of hydrogen-bond acceptors (Lipinski definition) is 4. The Morgan fingerprint density at radius 3 is 2.28 bits per heavy atom. The van der Waals surface area contributed by atoms with E-state index in [2.05, 4.69) is 44.1 Å². The molecule has 1 heterocycles. The van der Waals surface area contributed by atoms with Gasteiger partial charge in [0, 0.05) is 0 Å². The van der Waals surface area contributed by atoms with Crippen LogP contribution in [0.15, 0.2) is 6.07 Å². The molecule has 6 heteroatoms. The molecule has 18 heavy (non-hydrogen) atoms. The van der Waals surface area contributed by atoms with Crippen LogP contribution in [0.25, 0.3) is 0 Å². The van der Waals surface area contributed by atoms with Crippen molar-refractivity contribution in [1.82, 2.24) is 10.2 Å². The molecule has 1 rings (SSSR count). The molecule has 0 spiro atoms. The highest BCUT2D eigenvalue weighted by Gasteiger charge is 2.38. The van der Waals surface area contributed by atoms with E-state index in [1.165, 1.54) is 0 Å². The first-order valence-corrected chi connectivity index (χ1v) is 9.04.